The summed E-state index contributed by atoms with van der Waals surface area (Å²) in [5, 5.41) is 3.19. The highest BCUT2D eigenvalue weighted by Gasteiger charge is 2.45. The first-order valence-electron chi connectivity index (χ1n) is 6.11. The van der Waals surface area contributed by atoms with E-state index in [-0.39, 0.29) is 5.41 Å². The van der Waals surface area contributed by atoms with Gasteiger partial charge in [-0.05, 0) is 37.8 Å². The minimum Gasteiger partial charge on any atom is -0.369 e. The Balaban J connectivity index is 1.90. The minimum absolute atomic E-state index is 0.0362. The summed E-state index contributed by atoms with van der Waals surface area (Å²) in [6.45, 7) is 2.37. The van der Waals surface area contributed by atoms with Crippen molar-refractivity contribution in [1.29, 1.82) is 0 Å². The molecular weight excluding hydrogens is 265 g/mol. The lowest BCUT2D eigenvalue weighted by molar-refractivity contribution is -0.193. The second-order valence-electron chi connectivity index (χ2n) is 5.07. The highest BCUT2D eigenvalue weighted by molar-refractivity contribution is 5.87. The van der Waals surface area contributed by atoms with Gasteiger partial charge in [0.15, 0.2) is 0 Å². The molecule has 0 bridgehead atoms. The van der Waals surface area contributed by atoms with E-state index in [1.165, 1.54) is 4.90 Å². The third-order valence-corrected chi connectivity index (χ3v) is 3.77. The van der Waals surface area contributed by atoms with Crippen LogP contribution < -0.4 is 5.32 Å². The molecule has 2 saturated heterocycles. The molecule has 1 N–H and O–H groups in total. The standard InChI is InChI=1S/C11H15F3N2O3/c12-11(13,14)8(17)19-9(18)16-6-3-10(7-16)1-4-15-5-2-10/h15H,1-7H2. The van der Waals surface area contributed by atoms with Crippen molar-refractivity contribution in [2.75, 3.05) is 26.2 Å². The summed E-state index contributed by atoms with van der Waals surface area (Å²) in [4.78, 5) is 23.3. The van der Waals surface area contributed by atoms with Crippen LogP contribution in [0.15, 0.2) is 0 Å². The molecule has 1 spiro atoms. The number of nitrogens with one attached hydrogen (secondary N) is 1. The first-order chi connectivity index (χ1) is 8.82. The molecule has 0 unspecified atom stereocenters. The number of halogens is 3. The molecule has 1 amide bonds. The molecule has 0 aromatic rings. The molecule has 8 heteroatoms. The van der Waals surface area contributed by atoms with Gasteiger partial charge in [-0.15, -0.1) is 0 Å². The Kier molecular flexibility index (Phi) is 3.71. The average Bonchev–Trinajstić information content (AvgIpc) is 2.73. The minimum atomic E-state index is -5.14. The summed E-state index contributed by atoms with van der Waals surface area (Å²) in [6.07, 6.45) is -3.84. The van der Waals surface area contributed by atoms with E-state index in [4.69, 9.17) is 0 Å². The van der Waals surface area contributed by atoms with Crippen molar-refractivity contribution < 1.29 is 27.5 Å². The van der Waals surface area contributed by atoms with Crippen LogP contribution in [0.3, 0.4) is 0 Å². The van der Waals surface area contributed by atoms with E-state index in [0.717, 1.165) is 32.4 Å². The number of amides is 1. The van der Waals surface area contributed by atoms with Gasteiger partial charge in [-0.1, -0.05) is 0 Å². The van der Waals surface area contributed by atoms with Gasteiger partial charge in [-0.25, -0.2) is 9.59 Å². The average molecular weight is 280 g/mol. The molecule has 2 rings (SSSR count). The lowest BCUT2D eigenvalue weighted by Crippen LogP contribution is -2.41. The highest BCUT2D eigenvalue weighted by atomic mass is 19.4. The first kappa shape index (κ1) is 14.1. The second-order valence-corrected chi connectivity index (χ2v) is 5.07. The van der Waals surface area contributed by atoms with Gasteiger partial charge in [-0.2, -0.15) is 13.2 Å². The predicted octanol–water partition coefficient (Wildman–Crippen LogP) is 1.29. The van der Waals surface area contributed by atoms with Crippen LogP contribution in [-0.4, -0.2) is 49.3 Å². The van der Waals surface area contributed by atoms with Crippen LogP contribution in [0.25, 0.3) is 0 Å². The largest absolute Gasteiger partial charge is 0.491 e. The molecule has 0 saturated carbocycles. The topological polar surface area (TPSA) is 58.6 Å². The number of hydrogen-bond acceptors (Lipinski definition) is 4. The van der Waals surface area contributed by atoms with Gasteiger partial charge in [0.05, 0.1) is 0 Å². The number of carbonyl (C=O) groups excluding carboxylic acids is 2. The van der Waals surface area contributed by atoms with Crippen molar-refractivity contribution in [3.63, 3.8) is 0 Å². The molecule has 2 fully saturated rings. The van der Waals surface area contributed by atoms with Crippen LogP contribution in [0.5, 0.6) is 0 Å². The van der Waals surface area contributed by atoms with E-state index in [0.29, 0.717) is 13.1 Å². The Morgan fingerprint density at radius 3 is 2.37 bits per heavy atom. The van der Waals surface area contributed by atoms with Crippen LogP contribution in [0, 0.1) is 5.41 Å². The number of alkyl halides is 3. The van der Waals surface area contributed by atoms with E-state index in [1.807, 2.05) is 0 Å². The van der Waals surface area contributed by atoms with Crippen molar-refractivity contribution in [2.24, 2.45) is 5.41 Å². The number of nitrogens with zero attached hydrogens (tertiary/aromatic N) is 1. The van der Waals surface area contributed by atoms with Crippen LogP contribution in [-0.2, 0) is 9.53 Å². The zero-order valence-electron chi connectivity index (χ0n) is 10.3. The van der Waals surface area contributed by atoms with Crippen molar-refractivity contribution in [1.82, 2.24) is 10.2 Å². The number of hydrogen-bond donors (Lipinski definition) is 1. The Morgan fingerprint density at radius 1 is 1.16 bits per heavy atom. The highest BCUT2D eigenvalue weighted by Crippen LogP contribution is 2.38. The molecule has 0 aromatic carbocycles. The zero-order chi connectivity index (χ0) is 14.1. The van der Waals surface area contributed by atoms with Crippen LogP contribution >= 0.6 is 0 Å². The molecule has 0 atom stereocenters. The van der Waals surface area contributed by atoms with E-state index in [1.54, 1.807) is 0 Å². The molecule has 0 radical (unpaired) electrons. The van der Waals surface area contributed by atoms with E-state index in [9.17, 15) is 22.8 Å². The van der Waals surface area contributed by atoms with Crippen molar-refractivity contribution in [3.8, 4) is 0 Å². The molecule has 0 aliphatic carbocycles. The van der Waals surface area contributed by atoms with Gasteiger partial charge < -0.3 is 15.0 Å². The smallest absolute Gasteiger partial charge is 0.369 e. The molecule has 19 heavy (non-hydrogen) atoms. The van der Waals surface area contributed by atoms with Gasteiger partial charge in [0, 0.05) is 13.1 Å². The van der Waals surface area contributed by atoms with Crippen LogP contribution in [0.4, 0.5) is 18.0 Å². The third-order valence-electron chi connectivity index (χ3n) is 3.77. The van der Waals surface area contributed by atoms with Crippen molar-refractivity contribution >= 4 is 12.1 Å². The number of rotatable bonds is 0. The second kappa shape index (κ2) is 4.99. The summed E-state index contributed by atoms with van der Waals surface area (Å²) in [5.41, 5.74) is -0.0362. The fourth-order valence-corrected chi connectivity index (χ4v) is 2.66. The van der Waals surface area contributed by atoms with E-state index >= 15 is 0 Å². The lowest BCUT2D eigenvalue weighted by atomic mass is 9.78. The number of carbonyl (C=O) groups is 2. The summed E-state index contributed by atoms with van der Waals surface area (Å²) in [6, 6.07) is 0. The lowest BCUT2D eigenvalue weighted by Gasteiger charge is -2.33. The van der Waals surface area contributed by atoms with Gasteiger partial charge in [0.25, 0.3) is 0 Å². The number of piperidine rings is 1. The van der Waals surface area contributed by atoms with E-state index < -0.39 is 18.2 Å². The summed E-state index contributed by atoms with van der Waals surface area (Å²) in [7, 11) is 0. The van der Waals surface area contributed by atoms with Crippen molar-refractivity contribution in [2.45, 2.75) is 25.4 Å². The summed E-state index contributed by atoms with van der Waals surface area (Å²) in [5.74, 6) is -2.45. The molecule has 5 nitrogen and oxygen atoms in total. The van der Waals surface area contributed by atoms with Gasteiger partial charge in [-0.3, -0.25) is 0 Å². The molecule has 2 heterocycles. The normalized spacial score (nSPS) is 22.6. The maximum atomic E-state index is 12.0. The Bertz CT molecular complexity index is 378. The monoisotopic (exact) mass is 280 g/mol. The summed E-state index contributed by atoms with van der Waals surface area (Å²) >= 11 is 0. The number of ether oxygens (including phenoxy) is 1. The fourth-order valence-electron chi connectivity index (χ4n) is 2.66. The zero-order valence-corrected chi connectivity index (χ0v) is 10.3. The number of esters is 1. The van der Waals surface area contributed by atoms with Crippen LogP contribution in [0.2, 0.25) is 0 Å². The van der Waals surface area contributed by atoms with Gasteiger partial charge in [0.1, 0.15) is 0 Å². The maximum Gasteiger partial charge on any atom is 0.491 e. The molecule has 0 aromatic heterocycles. The Labute approximate surface area is 108 Å². The van der Waals surface area contributed by atoms with Crippen LogP contribution in [0.1, 0.15) is 19.3 Å². The van der Waals surface area contributed by atoms with Gasteiger partial charge in [0.2, 0.25) is 0 Å². The third kappa shape index (κ3) is 3.17. The molecule has 108 valence electrons. The quantitative estimate of drug-likeness (QED) is 0.536. The Hall–Kier alpha value is -1.31. The van der Waals surface area contributed by atoms with Crippen molar-refractivity contribution in [3.05, 3.63) is 0 Å². The SMILES string of the molecule is O=C(OC(=O)C(F)(F)F)N1CCC2(CCNCC2)C1. The van der Waals surface area contributed by atoms with Gasteiger partial charge >= 0.3 is 18.2 Å². The van der Waals surface area contributed by atoms with E-state index in [2.05, 4.69) is 10.1 Å². The predicted molar refractivity (Wildman–Crippen MR) is 58.3 cm³/mol. The number of likely N-dealkylation sites (tertiary alicyclic amines) is 1. The fraction of sp³-hybridized carbons (Fsp3) is 0.818. The first-order valence-corrected chi connectivity index (χ1v) is 6.11. The summed E-state index contributed by atoms with van der Waals surface area (Å²) < 4.78 is 39.8. The molecule has 2 aliphatic rings. The Morgan fingerprint density at radius 2 is 1.79 bits per heavy atom. The maximum absolute atomic E-state index is 12.0. The molecular formula is C11H15F3N2O3. The molecule has 2 aliphatic heterocycles.